The summed E-state index contributed by atoms with van der Waals surface area (Å²) in [4.78, 5) is 36.2. The molecule has 0 radical (unpaired) electrons. The Morgan fingerprint density at radius 2 is 1.69 bits per heavy atom. The maximum absolute atomic E-state index is 12.7. The van der Waals surface area contributed by atoms with E-state index in [0.717, 1.165) is 22.5 Å². The number of rotatable bonds is 6. The summed E-state index contributed by atoms with van der Waals surface area (Å²) in [6.07, 6.45) is 2.21. The molecule has 0 aliphatic carbocycles. The average molecular weight is 391 g/mol. The van der Waals surface area contributed by atoms with Crippen LogP contribution in [-0.2, 0) is 13.1 Å². The summed E-state index contributed by atoms with van der Waals surface area (Å²) in [6.45, 7) is 4.03. The van der Waals surface area contributed by atoms with Crippen molar-refractivity contribution in [3.8, 4) is 11.1 Å². The van der Waals surface area contributed by atoms with Gasteiger partial charge in [-0.2, -0.15) is 0 Å². The van der Waals surface area contributed by atoms with Crippen molar-refractivity contribution in [2.45, 2.75) is 26.9 Å². The van der Waals surface area contributed by atoms with Crippen LogP contribution in [0.25, 0.3) is 11.1 Å². The molecule has 0 unspecified atom stereocenters. The van der Waals surface area contributed by atoms with Crippen LogP contribution in [0.2, 0.25) is 0 Å². The van der Waals surface area contributed by atoms with Gasteiger partial charge in [0.25, 0.3) is 5.91 Å². The van der Waals surface area contributed by atoms with Gasteiger partial charge < -0.3 is 15.7 Å². The average Bonchev–Trinajstić information content (AvgIpc) is 2.70. The van der Waals surface area contributed by atoms with Gasteiger partial charge in [-0.15, -0.1) is 0 Å². The smallest absolute Gasteiger partial charge is 0.404 e. The topological polar surface area (TPSA) is 117 Å². The predicted molar refractivity (Wildman–Crippen MR) is 107 cm³/mol. The molecule has 1 aromatic carbocycles. The highest BCUT2D eigenvalue weighted by atomic mass is 16.4. The van der Waals surface area contributed by atoms with Gasteiger partial charge in [0.15, 0.2) is 0 Å². The second kappa shape index (κ2) is 8.92. The van der Waals surface area contributed by atoms with Crippen LogP contribution in [0.15, 0.2) is 48.8 Å². The fourth-order valence-corrected chi connectivity index (χ4v) is 2.84. The van der Waals surface area contributed by atoms with E-state index in [9.17, 15) is 9.59 Å². The van der Waals surface area contributed by atoms with E-state index in [1.165, 1.54) is 0 Å². The van der Waals surface area contributed by atoms with E-state index in [1.807, 2.05) is 32.0 Å². The minimum absolute atomic E-state index is 0.0918. The molecule has 29 heavy (non-hydrogen) atoms. The molecule has 3 rings (SSSR count). The van der Waals surface area contributed by atoms with E-state index < -0.39 is 6.09 Å². The molecular formula is C21H21N5O3. The number of amides is 2. The van der Waals surface area contributed by atoms with Crippen LogP contribution in [0.4, 0.5) is 4.79 Å². The molecule has 2 heterocycles. The van der Waals surface area contributed by atoms with E-state index >= 15 is 0 Å². The summed E-state index contributed by atoms with van der Waals surface area (Å²) in [5.41, 5.74) is 4.46. The highest BCUT2D eigenvalue weighted by molar-refractivity contribution is 5.95. The number of pyridine rings is 1. The highest BCUT2D eigenvalue weighted by Crippen LogP contribution is 2.23. The third-order valence-electron chi connectivity index (χ3n) is 4.18. The standard InChI is InChI=1S/C21H21N5O3/c1-13-3-5-23-19(26-13)12-24-20(27)18-9-15(11-25-21(28)29)8-17(10-18)16-4-6-22-14(2)7-16/h3-10,25H,11-12H2,1-2H3,(H,24,27)(H,28,29). The van der Waals surface area contributed by atoms with Gasteiger partial charge in [-0.1, -0.05) is 0 Å². The van der Waals surface area contributed by atoms with E-state index in [1.54, 1.807) is 30.6 Å². The molecule has 0 aliphatic rings. The van der Waals surface area contributed by atoms with Gasteiger partial charge in [-0.25, -0.2) is 14.8 Å². The third kappa shape index (κ3) is 5.58. The molecule has 0 spiro atoms. The molecule has 0 atom stereocenters. The van der Waals surface area contributed by atoms with Crippen LogP contribution < -0.4 is 10.6 Å². The highest BCUT2D eigenvalue weighted by Gasteiger charge is 2.12. The molecule has 8 heteroatoms. The Morgan fingerprint density at radius 3 is 2.41 bits per heavy atom. The minimum Gasteiger partial charge on any atom is -0.465 e. The Bertz CT molecular complexity index is 1050. The van der Waals surface area contributed by atoms with Crippen molar-refractivity contribution in [2.24, 2.45) is 0 Å². The number of aromatic nitrogens is 3. The number of benzene rings is 1. The second-order valence-electron chi connectivity index (χ2n) is 6.56. The molecule has 0 saturated heterocycles. The van der Waals surface area contributed by atoms with Gasteiger partial charge >= 0.3 is 6.09 Å². The molecule has 2 amide bonds. The number of nitrogens with one attached hydrogen (secondary N) is 2. The van der Waals surface area contributed by atoms with Crippen molar-refractivity contribution >= 4 is 12.0 Å². The molecule has 148 valence electrons. The van der Waals surface area contributed by atoms with Gasteiger partial charge in [0.05, 0.1) is 6.54 Å². The fraction of sp³-hybridized carbons (Fsp3) is 0.190. The van der Waals surface area contributed by atoms with E-state index in [4.69, 9.17) is 5.11 Å². The lowest BCUT2D eigenvalue weighted by atomic mass is 9.99. The van der Waals surface area contributed by atoms with Crippen molar-refractivity contribution in [1.29, 1.82) is 0 Å². The first kappa shape index (κ1) is 19.9. The van der Waals surface area contributed by atoms with Gasteiger partial charge in [0, 0.05) is 35.9 Å². The number of hydrogen-bond donors (Lipinski definition) is 3. The summed E-state index contributed by atoms with van der Waals surface area (Å²) in [5, 5.41) is 14.0. The molecule has 0 aliphatic heterocycles. The molecule has 0 saturated carbocycles. The monoisotopic (exact) mass is 391 g/mol. The first-order chi connectivity index (χ1) is 13.9. The van der Waals surface area contributed by atoms with E-state index in [-0.39, 0.29) is 19.0 Å². The summed E-state index contributed by atoms with van der Waals surface area (Å²) in [6, 6.07) is 10.8. The van der Waals surface area contributed by atoms with Crippen molar-refractivity contribution in [1.82, 2.24) is 25.6 Å². The molecule has 0 fully saturated rings. The minimum atomic E-state index is -1.13. The maximum atomic E-state index is 12.7. The lowest BCUT2D eigenvalue weighted by Crippen LogP contribution is -2.25. The lowest BCUT2D eigenvalue weighted by molar-refractivity contribution is 0.0949. The molecule has 3 aromatic rings. The van der Waals surface area contributed by atoms with E-state index in [2.05, 4.69) is 25.6 Å². The van der Waals surface area contributed by atoms with Crippen molar-refractivity contribution < 1.29 is 14.7 Å². The first-order valence-electron chi connectivity index (χ1n) is 9.01. The number of carbonyl (C=O) groups is 2. The summed E-state index contributed by atoms with van der Waals surface area (Å²) < 4.78 is 0. The Hall–Kier alpha value is -3.81. The van der Waals surface area contributed by atoms with Gasteiger partial charge in [0.1, 0.15) is 5.82 Å². The number of aryl methyl sites for hydroxylation is 2. The Balaban J connectivity index is 1.87. The zero-order chi connectivity index (χ0) is 20.8. The third-order valence-corrected chi connectivity index (χ3v) is 4.18. The largest absolute Gasteiger partial charge is 0.465 e. The predicted octanol–water partition coefficient (Wildman–Crippen LogP) is 2.85. The Kier molecular flexibility index (Phi) is 6.13. The number of carboxylic acid groups (broad SMARTS) is 1. The van der Waals surface area contributed by atoms with Crippen LogP contribution in [0.3, 0.4) is 0 Å². The van der Waals surface area contributed by atoms with Crippen LogP contribution in [0.1, 0.15) is 33.1 Å². The summed E-state index contributed by atoms with van der Waals surface area (Å²) in [7, 11) is 0. The Morgan fingerprint density at radius 1 is 0.897 bits per heavy atom. The number of hydrogen-bond acceptors (Lipinski definition) is 5. The second-order valence-corrected chi connectivity index (χ2v) is 6.56. The quantitative estimate of drug-likeness (QED) is 0.595. The lowest BCUT2D eigenvalue weighted by Gasteiger charge is -2.11. The number of nitrogens with zero attached hydrogens (tertiary/aromatic N) is 3. The fourth-order valence-electron chi connectivity index (χ4n) is 2.84. The number of carbonyl (C=O) groups excluding carboxylic acids is 1. The van der Waals surface area contributed by atoms with Crippen LogP contribution in [0.5, 0.6) is 0 Å². The normalized spacial score (nSPS) is 10.4. The SMILES string of the molecule is Cc1cc(-c2cc(CNC(=O)O)cc(C(=O)NCc3nccc(C)n3)c2)ccn1. The summed E-state index contributed by atoms with van der Waals surface area (Å²) in [5.74, 6) is 0.228. The van der Waals surface area contributed by atoms with Crippen LogP contribution in [0, 0.1) is 13.8 Å². The van der Waals surface area contributed by atoms with Crippen LogP contribution >= 0.6 is 0 Å². The van der Waals surface area contributed by atoms with Crippen molar-refractivity contribution in [3.05, 3.63) is 77.1 Å². The molecular weight excluding hydrogens is 370 g/mol. The van der Waals surface area contributed by atoms with Crippen molar-refractivity contribution in [2.75, 3.05) is 0 Å². The molecule has 3 N–H and O–H groups in total. The van der Waals surface area contributed by atoms with Crippen molar-refractivity contribution in [3.63, 3.8) is 0 Å². The zero-order valence-electron chi connectivity index (χ0n) is 16.1. The van der Waals surface area contributed by atoms with Gasteiger partial charge in [-0.3, -0.25) is 9.78 Å². The van der Waals surface area contributed by atoms with Gasteiger partial charge in [0.2, 0.25) is 0 Å². The first-order valence-corrected chi connectivity index (χ1v) is 9.01. The zero-order valence-corrected chi connectivity index (χ0v) is 16.1. The van der Waals surface area contributed by atoms with Crippen LogP contribution in [-0.4, -0.2) is 32.1 Å². The molecule has 0 bridgehead atoms. The van der Waals surface area contributed by atoms with E-state index in [0.29, 0.717) is 17.0 Å². The van der Waals surface area contributed by atoms with Gasteiger partial charge in [-0.05, 0) is 66.9 Å². The molecule has 8 nitrogen and oxygen atoms in total. The molecule has 2 aromatic heterocycles. The Labute approximate surface area is 168 Å². The maximum Gasteiger partial charge on any atom is 0.404 e. The summed E-state index contributed by atoms with van der Waals surface area (Å²) >= 11 is 0.